The second kappa shape index (κ2) is 6.42. The van der Waals surface area contributed by atoms with Gasteiger partial charge in [0, 0.05) is 16.1 Å². The topological polar surface area (TPSA) is 38.3 Å². The average molecular weight is 326 g/mol. The van der Waals surface area contributed by atoms with Crippen molar-refractivity contribution in [3.63, 3.8) is 0 Å². The second-order valence-electron chi connectivity index (χ2n) is 4.93. The molecule has 0 atom stereocenters. The van der Waals surface area contributed by atoms with Crippen LogP contribution in [0.15, 0.2) is 16.6 Å². The van der Waals surface area contributed by atoms with Crippen LogP contribution in [0.1, 0.15) is 48.5 Å². The van der Waals surface area contributed by atoms with E-state index in [0.717, 1.165) is 28.6 Å². The number of carbonyl (C=O) groups is 1. The molecule has 1 aromatic rings. The number of nitrogens with one attached hydrogen (secondary N) is 1. The summed E-state index contributed by atoms with van der Waals surface area (Å²) in [7, 11) is 0. The van der Waals surface area contributed by atoms with E-state index in [-0.39, 0.29) is 5.91 Å². The molecule has 0 bridgehead atoms. The van der Waals surface area contributed by atoms with Crippen LogP contribution in [0.4, 0.5) is 0 Å². The lowest BCUT2D eigenvalue weighted by Gasteiger charge is -2.16. The minimum Gasteiger partial charge on any atom is -0.494 e. The zero-order valence-electron chi connectivity index (χ0n) is 11.5. The van der Waals surface area contributed by atoms with Gasteiger partial charge in [-0.15, -0.1) is 0 Å². The van der Waals surface area contributed by atoms with E-state index < -0.39 is 0 Å². The molecule has 1 fully saturated rings. The molecule has 1 aliphatic carbocycles. The molecule has 104 valence electrons. The Morgan fingerprint density at radius 1 is 1.42 bits per heavy atom. The van der Waals surface area contributed by atoms with Crippen molar-refractivity contribution in [2.24, 2.45) is 0 Å². The molecule has 0 spiro atoms. The highest BCUT2D eigenvalue weighted by atomic mass is 79.9. The number of ether oxygens (including phenoxy) is 1. The fraction of sp³-hybridized carbons (Fsp3) is 0.533. The van der Waals surface area contributed by atoms with Gasteiger partial charge in [0.05, 0.1) is 12.2 Å². The summed E-state index contributed by atoms with van der Waals surface area (Å²) in [6, 6.07) is 4.10. The summed E-state index contributed by atoms with van der Waals surface area (Å²) in [5.74, 6) is 0.778. The number of carbonyl (C=O) groups excluding carboxylic acids is 1. The lowest BCUT2D eigenvalue weighted by molar-refractivity contribution is 0.0936. The molecule has 19 heavy (non-hydrogen) atoms. The van der Waals surface area contributed by atoms with Gasteiger partial charge < -0.3 is 10.1 Å². The molecule has 1 aliphatic rings. The normalized spacial score (nSPS) is 15.5. The molecule has 0 heterocycles. The first-order valence-corrected chi connectivity index (χ1v) is 7.65. The molecule has 1 aromatic carbocycles. The smallest absolute Gasteiger partial charge is 0.253 e. The first-order valence-electron chi connectivity index (χ1n) is 6.86. The van der Waals surface area contributed by atoms with Crippen molar-refractivity contribution < 1.29 is 9.53 Å². The van der Waals surface area contributed by atoms with E-state index in [0.29, 0.717) is 18.2 Å². The van der Waals surface area contributed by atoms with Crippen molar-refractivity contribution in [2.45, 2.75) is 45.6 Å². The van der Waals surface area contributed by atoms with Crippen LogP contribution in [-0.4, -0.2) is 18.6 Å². The Balaban J connectivity index is 2.21. The summed E-state index contributed by atoms with van der Waals surface area (Å²) in [5.41, 5.74) is 1.59. The zero-order valence-corrected chi connectivity index (χ0v) is 13.0. The van der Waals surface area contributed by atoms with Gasteiger partial charge in [-0.2, -0.15) is 0 Å². The largest absolute Gasteiger partial charge is 0.494 e. The third-order valence-electron chi connectivity index (χ3n) is 3.58. The molecule has 3 nitrogen and oxygen atoms in total. The standard InChI is InChI=1S/C15H20BrNO2/c1-3-19-13-9-8-12(16)14(10(13)2)15(18)17-11-6-4-5-7-11/h8-9,11H,3-7H2,1-2H3,(H,17,18). The van der Waals surface area contributed by atoms with Crippen LogP contribution in [-0.2, 0) is 0 Å². The van der Waals surface area contributed by atoms with E-state index in [1.807, 2.05) is 26.0 Å². The number of halogens is 1. The summed E-state index contributed by atoms with van der Waals surface area (Å²) in [6.45, 7) is 4.48. The molecule has 0 aliphatic heterocycles. The van der Waals surface area contributed by atoms with E-state index in [1.165, 1.54) is 12.8 Å². The summed E-state index contributed by atoms with van der Waals surface area (Å²) < 4.78 is 6.37. The number of rotatable bonds is 4. The fourth-order valence-corrected chi connectivity index (χ4v) is 3.19. The number of amides is 1. The SMILES string of the molecule is CCOc1ccc(Br)c(C(=O)NC2CCCC2)c1C. The first-order chi connectivity index (χ1) is 9.13. The van der Waals surface area contributed by atoms with Crippen molar-refractivity contribution in [1.82, 2.24) is 5.32 Å². The summed E-state index contributed by atoms with van der Waals surface area (Å²) in [5, 5.41) is 3.12. The predicted molar refractivity (Wildman–Crippen MR) is 79.8 cm³/mol. The maximum Gasteiger partial charge on any atom is 0.253 e. The average Bonchev–Trinajstić information content (AvgIpc) is 2.86. The third-order valence-corrected chi connectivity index (χ3v) is 4.24. The minimum atomic E-state index is -0.00201. The van der Waals surface area contributed by atoms with Crippen molar-refractivity contribution in [3.8, 4) is 5.75 Å². The molecule has 0 saturated heterocycles. The van der Waals surface area contributed by atoms with Gasteiger partial charge in [0.1, 0.15) is 5.75 Å². The van der Waals surface area contributed by atoms with E-state index in [1.54, 1.807) is 0 Å². The Kier molecular flexibility index (Phi) is 4.86. The summed E-state index contributed by atoms with van der Waals surface area (Å²) in [6.07, 6.45) is 4.61. The quantitative estimate of drug-likeness (QED) is 0.913. The van der Waals surface area contributed by atoms with E-state index in [4.69, 9.17) is 4.74 Å². The van der Waals surface area contributed by atoms with Gasteiger partial charge in [-0.1, -0.05) is 12.8 Å². The number of benzene rings is 1. The molecule has 0 unspecified atom stereocenters. The fourth-order valence-electron chi connectivity index (χ4n) is 2.58. The Morgan fingerprint density at radius 3 is 2.74 bits per heavy atom. The van der Waals surface area contributed by atoms with Gasteiger partial charge in [-0.05, 0) is 54.8 Å². The van der Waals surface area contributed by atoms with Crippen LogP contribution in [0.3, 0.4) is 0 Å². The van der Waals surface area contributed by atoms with Crippen LogP contribution in [0.2, 0.25) is 0 Å². The van der Waals surface area contributed by atoms with Crippen LogP contribution in [0.5, 0.6) is 5.75 Å². The molecular formula is C15H20BrNO2. The van der Waals surface area contributed by atoms with Crippen LogP contribution >= 0.6 is 15.9 Å². The summed E-state index contributed by atoms with van der Waals surface area (Å²) >= 11 is 3.47. The van der Waals surface area contributed by atoms with Gasteiger partial charge in [0.25, 0.3) is 5.91 Å². The van der Waals surface area contributed by atoms with Crippen LogP contribution in [0.25, 0.3) is 0 Å². The van der Waals surface area contributed by atoms with Gasteiger partial charge in [0.2, 0.25) is 0 Å². The highest BCUT2D eigenvalue weighted by molar-refractivity contribution is 9.10. The zero-order chi connectivity index (χ0) is 13.8. The molecular weight excluding hydrogens is 306 g/mol. The van der Waals surface area contributed by atoms with Crippen molar-refractivity contribution in [1.29, 1.82) is 0 Å². The number of hydrogen-bond donors (Lipinski definition) is 1. The Hall–Kier alpha value is -1.03. The van der Waals surface area contributed by atoms with Gasteiger partial charge >= 0.3 is 0 Å². The van der Waals surface area contributed by atoms with Crippen molar-refractivity contribution >= 4 is 21.8 Å². The summed E-state index contributed by atoms with van der Waals surface area (Å²) in [4.78, 5) is 12.4. The maximum atomic E-state index is 12.4. The third kappa shape index (κ3) is 3.30. The van der Waals surface area contributed by atoms with Crippen molar-refractivity contribution in [3.05, 3.63) is 27.7 Å². The predicted octanol–water partition coefficient (Wildman–Crippen LogP) is 3.83. The lowest BCUT2D eigenvalue weighted by atomic mass is 10.1. The van der Waals surface area contributed by atoms with Crippen molar-refractivity contribution in [2.75, 3.05) is 6.61 Å². The Bertz CT molecular complexity index is 467. The number of hydrogen-bond acceptors (Lipinski definition) is 2. The van der Waals surface area contributed by atoms with E-state index in [2.05, 4.69) is 21.2 Å². The van der Waals surface area contributed by atoms with E-state index >= 15 is 0 Å². The lowest BCUT2D eigenvalue weighted by Crippen LogP contribution is -2.33. The first kappa shape index (κ1) is 14.4. The van der Waals surface area contributed by atoms with E-state index in [9.17, 15) is 4.79 Å². The van der Waals surface area contributed by atoms with Crippen LogP contribution < -0.4 is 10.1 Å². The minimum absolute atomic E-state index is 0.00201. The van der Waals surface area contributed by atoms with Gasteiger partial charge in [0.15, 0.2) is 0 Å². The molecule has 2 rings (SSSR count). The van der Waals surface area contributed by atoms with Gasteiger partial charge in [-0.25, -0.2) is 0 Å². The Labute approximate surface area is 122 Å². The second-order valence-corrected chi connectivity index (χ2v) is 5.79. The Morgan fingerprint density at radius 2 is 2.11 bits per heavy atom. The molecule has 0 aromatic heterocycles. The van der Waals surface area contributed by atoms with Gasteiger partial charge in [-0.3, -0.25) is 4.79 Å². The molecule has 1 N–H and O–H groups in total. The molecule has 4 heteroatoms. The molecule has 1 amide bonds. The maximum absolute atomic E-state index is 12.4. The highest BCUT2D eigenvalue weighted by Crippen LogP contribution is 2.29. The molecule has 0 radical (unpaired) electrons. The highest BCUT2D eigenvalue weighted by Gasteiger charge is 2.21. The monoisotopic (exact) mass is 325 g/mol. The van der Waals surface area contributed by atoms with Crippen LogP contribution in [0, 0.1) is 6.92 Å². The molecule has 1 saturated carbocycles.